The molecular formula is C18H26Cl2N4O3. The second kappa shape index (κ2) is 9.71. The first-order valence-electron chi connectivity index (χ1n) is 8.88. The zero-order chi connectivity index (χ0) is 17.2. The van der Waals surface area contributed by atoms with Gasteiger partial charge in [0.2, 0.25) is 5.91 Å². The Balaban J connectivity index is 0.00000131. The number of hydrogen-bond acceptors (Lipinski definition) is 5. The number of H-pyrrole nitrogens is 1. The topological polar surface area (TPSA) is 99.3 Å². The van der Waals surface area contributed by atoms with Crippen LogP contribution in [0.4, 0.5) is 0 Å². The van der Waals surface area contributed by atoms with E-state index in [1.54, 1.807) is 0 Å². The van der Waals surface area contributed by atoms with Crippen LogP contribution in [0.2, 0.25) is 0 Å². The maximum absolute atomic E-state index is 12.1. The first-order chi connectivity index (χ1) is 12.2. The van der Waals surface area contributed by atoms with Crippen molar-refractivity contribution in [1.29, 1.82) is 0 Å². The molecule has 27 heavy (non-hydrogen) atoms. The van der Waals surface area contributed by atoms with Crippen molar-refractivity contribution in [3.63, 3.8) is 0 Å². The maximum Gasteiger partial charge on any atom is 0.246 e. The van der Waals surface area contributed by atoms with Gasteiger partial charge in [0.25, 0.3) is 0 Å². The lowest BCUT2D eigenvalue weighted by molar-refractivity contribution is -0.128. The largest absolute Gasteiger partial charge is 0.391 e. The Bertz CT molecular complexity index is 724. The number of amides is 1. The summed E-state index contributed by atoms with van der Waals surface area (Å²) < 4.78 is 5.47. The maximum atomic E-state index is 12.1. The molecule has 0 unspecified atom stereocenters. The number of imidazole rings is 1. The smallest absolute Gasteiger partial charge is 0.246 e. The van der Waals surface area contributed by atoms with Crippen LogP contribution in [0.15, 0.2) is 24.3 Å². The van der Waals surface area contributed by atoms with Gasteiger partial charge >= 0.3 is 0 Å². The van der Waals surface area contributed by atoms with Gasteiger partial charge in [-0.05, 0) is 49.9 Å². The van der Waals surface area contributed by atoms with E-state index in [1.165, 1.54) is 0 Å². The fraction of sp³-hybridized carbons (Fsp3) is 0.556. The van der Waals surface area contributed by atoms with Crippen molar-refractivity contribution in [1.82, 2.24) is 20.6 Å². The Labute approximate surface area is 170 Å². The number of benzene rings is 1. The molecule has 4 rings (SSSR count). The Kier molecular flexibility index (Phi) is 7.88. The summed E-state index contributed by atoms with van der Waals surface area (Å²) >= 11 is 0. The number of para-hydroxylation sites is 2. The van der Waals surface area contributed by atoms with Gasteiger partial charge in [-0.2, -0.15) is 0 Å². The monoisotopic (exact) mass is 416 g/mol. The van der Waals surface area contributed by atoms with Crippen LogP contribution in [0, 0.1) is 11.8 Å². The number of nitrogens with one attached hydrogen (secondary N) is 3. The molecule has 1 aliphatic heterocycles. The number of aliphatic hydroxyl groups is 1. The number of carbonyl (C=O) groups excluding carboxylic acids is 1. The molecule has 2 fully saturated rings. The van der Waals surface area contributed by atoms with E-state index >= 15 is 0 Å². The highest BCUT2D eigenvalue weighted by Crippen LogP contribution is 2.32. The minimum Gasteiger partial charge on any atom is -0.391 e. The van der Waals surface area contributed by atoms with Gasteiger partial charge in [0.1, 0.15) is 19.0 Å². The molecule has 1 saturated carbocycles. The number of carbonyl (C=O) groups is 1. The molecule has 0 radical (unpaired) electrons. The summed E-state index contributed by atoms with van der Waals surface area (Å²) in [7, 11) is 0. The van der Waals surface area contributed by atoms with E-state index in [0.717, 1.165) is 37.0 Å². The molecule has 1 aromatic heterocycles. The van der Waals surface area contributed by atoms with Crippen LogP contribution in [0.3, 0.4) is 0 Å². The van der Waals surface area contributed by atoms with E-state index < -0.39 is 6.10 Å². The molecule has 4 N–H and O–H groups in total. The predicted molar refractivity (Wildman–Crippen MR) is 107 cm³/mol. The van der Waals surface area contributed by atoms with Crippen molar-refractivity contribution in [3.8, 4) is 0 Å². The molecular weight excluding hydrogens is 391 g/mol. The Morgan fingerprint density at radius 2 is 1.96 bits per heavy atom. The normalized spacial score (nSPS) is 26.7. The van der Waals surface area contributed by atoms with Gasteiger partial charge in [-0.15, -0.1) is 24.8 Å². The summed E-state index contributed by atoms with van der Waals surface area (Å²) in [6.07, 6.45) is 1.11. The van der Waals surface area contributed by atoms with E-state index in [4.69, 9.17) is 4.74 Å². The molecule has 2 aliphatic rings. The van der Waals surface area contributed by atoms with Crippen molar-refractivity contribution < 1.29 is 14.6 Å². The molecule has 1 saturated heterocycles. The standard InChI is InChI=1S/C18H24N4O3.2ClH/c23-16-6-12-8-19-7-11(12)5-15(16)22-18(24)10-25-9-17-20-13-3-1-2-4-14(13)21-17;;/h1-4,11-12,15-16,19,23H,5-10H2,(H,20,21)(H,22,24);2*1H/t11-,12+,15-,16-;;/m0../s1. The second-order valence-electron chi connectivity index (χ2n) is 7.08. The summed E-state index contributed by atoms with van der Waals surface area (Å²) in [5.74, 6) is 1.59. The minimum atomic E-state index is -0.472. The number of fused-ring (bicyclic) bond motifs is 2. The Hall–Kier alpha value is -1.38. The van der Waals surface area contributed by atoms with Gasteiger partial charge in [-0.3, -0.25) is 4.79 Å². The zero-order valence-electron chi connectivity index (χ0n) is 14.9. The van der Waals surface area contributed by atoms with Gasteiger partial charge in [0.15, 0.2) is 0 Å². The molecule has 150 valence electrons. The summed E-state index contributed by atoms with van der Waals surface area (Å²) in [6.45, 7) is 2.17. The summed E-state index contributed by atoms with van der Waals surface area (Å²) in [6, 6.07) is 7.58. The average molecular weight is 417 g/mol. The SMILES string of the molecule is Cl.Cl.O=C(COCc1nc2ccccc2[nH]1)N[C@H]1C[C@H]2CNC[C@H]2C[C@@H]1O. The van der Waals surface area contributed by atoms with Crippen molar-refractivity contribution >= 4 is 41.8 Å². The number of ether oxygens (including phenoxy) is 1. The molecule has 1 aliphatic carbocycles. The molecule has 4 atom stereocenters. The molecule has 0 spiro atoms. The lowest BCUT2D eigenvalue weighted by Crippen LogP contribution is -2.50. The Morgan fingerprint density at radius 3 is 2.74 bits per heavy atom. The number of halogens is 2. The number of nitrogens with zero attached hydrogens (tertiary/aromatic N) is 1. The van der Waals surface area contributed by atoms with Crippen LogP contribution in [-0.2, 0) is 16.1 Å². The first kappa shape index (κ1) is 21.9. The van der Waals surface area contributed by atoms with Crippen molar-refractivity contribution in [2.24, 2.45) is 11.8 Å². The molecule has 1 amide bonds. The second-order valence-corrected chi connectivity index (χ2v) is 7.08. The fourth-order valence-electron chi connectivity index (χ4n) is 4.01. The molecule has 2 heterocycles. The van der Waals surface area contributed by atoms with Crippen LogP contribution in [0.25, 0.3) is 11.0 Å². The molecule has 0 bridgehead atoms. The Morgan fingerprint density at radius 1 is 1.22 bits per heavy atom. The van der Waals surface area contributed by atoms with Gasteiger partial charge in [-0.1, -0.05) is 12.1 Å². The quantitative estimate of drug-likeness (QED) is 0.590. The fourth-order valence-corrected chi connectivity index (χ4v) is 4.01. The molecule has 2 aromatic rings. The van der Waals surface area contributed by atoms with Crippen LogP contribution in [0.5, 0.6) is 0 Å². The van der Waals surface area contributed by atoms with E-state index in [-0.39, 0.29) is 50.0 Å². The molecule has 9 heteroatoms. The lowest BCUT2D eigenvalue weighted by atomic mass is 9.77. The summed E-state index contributed by atoms with van der Waals surface area (Å²) in [4.78, 5) is 19.7. The highest BCUT2D eigenvalue weighted by molar-refractivity contribution is 5.85. The van der Waals surface area contributed by atoms with E-state index in [0.29, 0.717) is 17.7 Å². The number of aliphatic hydroxyl groups excluding tert-OH is 1. The van der Waals surface area contributed by atoms with E-state index in [1.807, 2.05) is 24.3 Å². The molecule has 1 aromatic carbocycles. The van der Waals surface area contributed by atoms with Crippen LogP contribution in [-0.4, -0.2) is 52.8 Å². The summed E-state index contributed by atoms with van der Waals surface area (Å²) in [5.41, 5.74) is 1.84. The third-order valence-electron chi connectivity index (χ3n) is 5.30. The van der Waals surface area contributed by atoms with Crippen molar-refractivity contribution in [3.05, 3.63) is 30.1 Å². The van der Waals surface area contributed by atoms with E-state index in [9.17, 15) is 9.90 Å². The first-order valence-corrected chi connectivity index (χ1v) is 8.88. The van der Waals surface area contributed by atoms with Crippen molar-refractivity contribution in [2.45, 2.75) is 31.6 Å². The lowest BCUT2D eigenvalue weighted by Gasteiger charge is -2.35. The van der Waals surface area contributed by atoms with Gasteiger partial charge in [0.05, 0.1) is 23.2 Å². The average Bonchev–Trinajstić information content (AvgIpc) is 3.20. The predicted octanol–water partition coefficient (Wildman–Crippen LogP) is 1.40. The van der Waals surface area contributed by atoms with Crippen LogP contribution >= 0.6 is 24.8 Å². The number of hydrogen-bond donors (Lipinski definition) is 4. The number of rotatable bonds is 5. The summed E-state index contributed by atoms with van der Waals surface area (Å²) in [5, 5.41) is 16.5. The van der Waals surface area contributed by atoms with Gasteiger partial charge in [0, 0.05) is 0 Å². The third-order valence-corrected chi connectivity index (χ3v) is 5.30. The number of aromatic amines is 1. The highest BCUT2D eigenvalue weighted by atomic mass is 35.5. The highest BCUT2D eigenvalue weighted by Gasteiger charge is 2.39. The van der Waals surface area contributed by atoms with Crippen molar-refractivity contribution in [2.75, 3.05) is 19.7 Å². The molecule has 7 nitrogen and oxygen atoms in total. The van der Waals surface area contributed by atoms with Crippen LogP contribution < -0.4 is 10.6 Å². The zero-order valence-corrected chi connectivity index (χ0v) is 16.5. The number of aromatic nitrogens is 2. The van der Waals surface area contributed by atoms with E-state index in [2.05, 4.69) is 20.6 Å². The third kappa shape index (κ3) is 5.12. The van der Waals surface area contributed by atoms with Gasteiger partial charge < -0.3 is 25.5 Å². The van der Waals surface area contributed by atoms with Gasteiger partial charge in [-0.25, -0.2) is 4.98 Å². The van der Waals surface area contributed by atoms with Crippen LogP contribution in [0.1, 0.15) is 18.7 Å². The minimum absolute atomic E-state index is 0.